The van der Waals surface area contributed by atoms with Gasteiger partial charge in [-0.25, -0.2) is 4.79 Å². The highest BCUT2D eigenvalue weighted by atomic mass is 79.9. The molecule has 1 heterocycles. The first kappa shape index (κ1) is 14.4. The topological polar surface area (TPSA) is 88.4 Å². The Kier molecular flexibility index (Phi) is 4.28. The molecule has 1 aromatic rings. The number of carbonyl (C=O) groups excluding carboxylic acids is 1. The number of hydrogen-bond donors (Lipinski definition) is 2. The Morgan fingerprint density at radius 1 is 1.44 bits per heavy atom. The number of carboxylic acid groups (broad SMARTS) is 1. The quantitative estimate of drug-likeness (QED) is 0.851. The first-order valence-electron chi connectivity index (χ1n) is 5.13. The molecule has 0 aromatic carbocycles. The van der Waals surface area contributed by atoms with Crippen molar-refractivity contribution in [2.24, 2.45) is 0 Å². The van der Waals surface area contributed by atoms with Crippen molar-refractivity contribution in [1.82, 2.24) is 9.88 Å². The molecule has 0 radical (unpaired) electrons. The molecule has 0 unspecified atom stereocenters. The summed E-state index contributed by atoms with van der Waals surface area (Å²) in [7, 11) is 0. The second-order valence-corrected chi connectivity index (χ2v) is 5.21. The van der Waals surface area contributed by atoms with E-state index in [1.54, 1.807) is 6.07 Å². The van der Waals surface area contributed by atoms with Gasteiger partial charge in [-0.3, -0.25) is 9.59 Å². The fourth-order valence-corrected chi connectivity index (χ4v) is 1.60. The summed E-state index contributed by atoms with van der Waals surface area (Å²) < 4.78 is 1.85. The van der Waals surface area contributed by atoms with Gasteiger partial charge in [0.25, 0.3) is 5.56 Å². The molecule has 7 heteroatoms. The highest BCUT2D eigenvalue weighted by molar-refractivity contribution is 9.10. The molecule has 0 bridgehead atoms. The zero-order valence-corrected chi connectivity index (χ0v) is 11.5. The SMILES string of the molecule is CC(C)(NC(=O)Cn1cc(Br)ccc1=O)C(=O)O. The Balaban J connectivity index is 2.80. The molecule has 0 spiro atoms. The summed E-state index contributed by atoms with van der Waals surface area (Å²) in [4.78, 5) is 33.9. The lowest BCUT2D eigenvalue weighted by molar-refractivity contribution is -0.146. The summed E-state index contributed by atoms with van der Waals surface area (Å²) in [5.74, 6) is -1.68. The molecule has 0 saturated heterocycles. The van der Waals surface area contributed by atoms with Gasteiger partial charge in [-0.05, 0) is 35.8 Å². The summed E-state index contributed by atoms with van der Waals surface area (Å²) in [6.07, 6.45) is 1.47. The third-order valence-electron chi connectivity index (χ3n) is 2.25. The summed E-state index contributed by atoms with van der Waals surface area (Å²) >= 11 is 3.19. The fraction of sp³-hybridized carbons (Fsp3) is 0.364. The minimum Gasteiger partial charge on any atom is -0.480 e. The van der Waals surface area contributed by atoms with Crippen LogP contribution in [0.25, 0.3) is 0 Å². The van der Waals surface area contributed by atoms with Gasteiger partial charge in [0.1, 0.15) is 12.1 Å². The molecule has 1 amide bonds. The van der Waals surface area contributed by atoms with Crippen LogP contribution in [0.3, 0.4) is 0 Å². The molecular weight excluding hydrogens is 304 g/mol. The van der Waals surface area contributed by atoms with E-state index >= 15 is 0 Å². The Bertz CT molecular complexity index is 536. The molecule has 0 atom stereocenters. The monoisotopic (exact) mass is 316 g/mol. The third kappa shape index (κ3) is 3.69. The van der Waals surface area contributed by atoms with Crippen molar-refractivity contribution >= 4 is 27.8 Å². The van der Waals surface area contributed by atoms with Crippen LogP contribution in [0.4, 0.5) is 0 Å². The maximum absolute atomic E-state index is 11.6. The van der Waals surface area contributed by atoms with E-state index in [-0.39, 0.29) is 12.1 Å². The van der Waals surface area contributed by atoms with Gasteiger partial charge in [0.2, 0.25) is 5.91 Å². The number of carbonyl (C=O) groups is 2. The van der Waals surface area contributed by atoms with Gasteiger partial charge < -0.3 is 15.0 Å². The van der Waals surface area contributed by atoms with Crippen LogP contribution in [0.1, 0.15) is 13.8 Å². The molecule has 0 aliphatic heterocycles. The van der Waals surface area contributed by atoms with Crippen LogP contribution in [-0.4, -0.2) is 27.1 Å². The standard InChI is InChI=1S/C11H13BrN2O4/c1-11(2,10(17)18)13-8(15)6-14-5-7(12)3-4-9(14)16/h3-5H,6H2,1-2H3,(H,13,15)(H,17,18). The van der Waals surface area contributed by atoms with Gasteiger partial charge in [0, 0.05) is 16.7 Å². The van der Waals surface area contributed by atoms with E-state index in [0.717, 1.165) is 0 Å². The summed E-state index contributed by atoms with van der Waals surface area (Å²) in [6, 6.07) is 2.89. The van der Waals surface area contributed by atoms with Crippen LogP contribution in [0, 0.1) is 0 Å². The van der Waals surface area contributed by atoms with E-state index in [0.29, 0.717) is 4.47 Å². The first-order valence-corrected chi connectivity index (χ1v) is 5.92. The lowest BCUT2D eigenvalue weighted by Gasteiger charge is -2.21. The number of amides is 1. The zero-order valence-electron chi connectivity index (χ0n) is 9.94. The molecule has 0 aliphatic rings. The van der Waals surface area contributed by atoms with Crippen molar-refractivity contribution in [2.45, 2.75) is 25.9 Å². The van der Waals surface area contributed by atoms with Gasteiger partial charge in [-0.1, -0.05) is 0 Å². The smallest absolute Gasteiger partial charge is 0.328 e. The molecule has 2 N–H and O–H groups in total. The first-order chi connectivity index (χ1) is 8.22. The minimum atomic E-state index is -1.37. The molecule has 6 nitrogen and oxygen atoms in total. The fourth-order valence-electron chi connectivity index (χ4n) is 1.22. The molecule has 0 aliphatic carbocycles. The zero-order chi connectivity index (χ0) is 13.9. The van der Waals surface area contributed by atoms with Gasteiger partial charge >= 0.3 is 5.97 Å². The van der Waals surface area contributed by atoms with Crippen molar-refractivity contribution in [1.29, 1.82) is 0 Å². The molecule has 98 valence electrons. The molecule has 0 fully saturated rings. The molecule has 0 saturated carbocycles. The highest BCUT2D eigenvalue weighted by Crippen LogP contribution is 2.05. The maximum atomic E-state index is 11.6. The van der Waals surface area contributed by atoms with Crippen molar-refractivity contribution < 1.29 is 14.7 Å². The summed E-state index contributed by atoms with van der Waals surface area (Å²) in [5, 5.41) is 11.2. The maximum Gasteiger partial charge on any atom is 0.328 e. The van der Waals surface area contributed by atoms with Gasteiger partial charge in [-0.15, -0.1) is 0 Å². The van der Waals surface area contributed by atoms with E-state index in [9.17, 15) is 14.4 Å². The lowest BCUT2D eigenvalue weighted by atomic mass is 10.1. The highest BCUT2D eigenvalue weighted by Gasteiger charge is 2.28. The third-order valence-corrected chi connectivity index (χ3v) is 2.72. The van der Waals surface area contributed by atoms with Crippen molar-refractivity contribution in [3.05, 3.63) is 33.2 Å². The number of nitrogens with one attached hydrogen (secondary N) is 1. The molecule has 1 aromatic heterocycles. The second kappa shape index (κ2) is 5.34. The van der Waals surface area contributed by atoms with Crippen LogP contribution in [0.15, 0.2) is 27.6 Å². The van der Waals surface area contributed by atoms with E-state index < -0.39 is 17.4 Å². The Hall–Kier alpha value is -1.63. The Labute approximate surface area is 112 Å². The largest absolute Gasteiger partial charge is 0.480 e. The number of carboxylic acids is 1. The van der Waals surface area contributed by atoms with Gasteiger partial charge in [0.05, 0.1) is 0 Å². The second-order valence-electron chi connectivity index (χ2n) is 4.29. The van der Waals surface area contributed by atoms with Gasteiger partial charge in [0.15, 0.2) is 0 Å². The minimum absolute atomic E-state index is 0.227. The number of rotatable bonds is 4. The van der Waals surface area contributed by atoms with Crippen LogP contribution < -0.4 is 10.9 Å². The van der Waals surface area contributed by atoms with Crippen molar-refractivity contribution in [2.75, 3.05) is 0 Å². The van der Waals surface area contributed by atoms with Crippen LogP contribution in [-0.2, 0) is 16.1 Å². The van der Waals surface area contributed by atoms with Crippen LogP contribution in [0.5, 0.6) is 0 Å². The predicted octanol–water partition coefficient (Wildman–Crippen LogP) is 0.590. The van der Waals surface area contributed by atoms with E-state index in [1.807, 2.05) is 0 Å². The normalized spacial score (nSPS) is 11.1. The lowest BCUT2D eigenvalue weighted by Crippen LogP contribution is -2.51. The van der Waals surface area contributed by atoms with Crippen LogP contribution >= 0.6 is 15.9 Å². The summed E-state index contributed by atoms with van der Waals surface area (Å²) in [5.41, 5.74) is -1.70. The van der Waals surface area contributed by atoms with Crippen molar-refractivity contribution in [3.63, 3.8) is 0 Å². The average Bonchev–Trinajstić information content (AvgIpc) is 2.22. The Morgan fingerprint density at radius 3 is 2.61 bits per heavy atom. The van der Waals surface area contributed by atoms with E-state index in [4.69, 9.17) is 5.11 Å². The summed E-state index contributed by atoms with van der Waals surface area (Å²) in [6.45, 7) is 2.52. The molecule has 18 heavy (non-hydrogen) atoms. The number of pyridine rings is 1. The molecular formula is C11H13BrN2O4. The van der Waals surface area contributed by atoms with Crippen molar-refractivity contribution in [3.8, 4) is 0 Å². The number of hydrogen-bond acceptors (Lipinski definition) is 3. The van der Waals surface area contributed by atoms with Gasteiger partial charge in [-0.2, -0.15) is 0 Å². The van der Waals surface area contributed by atoms with E-state index in [1.165, 1.54) is 30.7 Å². The van der Waals surface area contributed by atoms with E-state index in [2.05, 4.69) is 21.2 Å². The number of aliphatic carboxylic acids is 1. The molecule has 1 rings (SSSR count). The predicted molar refractivity (Wildman–Crippen MR) is 68.3 cm³/mol. The number of nitrogens with zero attached hydrogens (tertiary/aromatic N) is 1. The number of aromatic nitrogens is 1. The van der Waals surface area contributed by atoms with Crippen LogP contribution in [0.2, 0.25) is 0 Å². The average molecular weight is 317 g/mol. The number of halogens is 1. The Morgan fingerprint density at radius 2 is 2.06 bits per heavy atom.